The summed E-state index contributed by atoms with van der Waals surface area (Å²) in [5.74, 6) is 0.0817. The van der Waals surface area contributed by atoms with E-state index in [9.17, 15) is 9.90 Å². The first-order valence-corrected chi connectivity index (χ1v) is 7.79. The number of para-hydroxylation sites is 1. The van der Waals surface area contributed by atoms with Crippen LogP contribution in [0, 0.1) is 0 Å². The molecule has 0 unspecified atom stereocenters. The first-order chi connectivity index (χ1) is 12.1. The fourth-order valence-corrected chi connectivity index (χ4v) is 2.20. The fourth-order valence-electron chi connectivity index (χ4n) is 2.08. The molecule has 0 aliphatic heterocycles. The minimum absolute atomic E-state index is 0.0147. The summed E-state index contributed by atoms with van der Waals surface area (Å²) in [5.41, 5.74) is 0.715. The Bertz CT molecular complexity index is 870. The van der Waals surface area contributed by atoms with E-state index in [0.717, 1.165) is 5.69 Å². The maximum Gasteiger partial charge on any atom is 0.341 e. The van der Waals surface area contributed by atoms with E-state index in [1.165, 1.54) is 6.20 Å². The Hall–Kier alpha value is -3.12. The third-order valence-corrected chi connectivity index (χ3v) is 3.54. The second-order valence-electron chi connectivity index (χ2n) is 5.09. The third-order valence-electron chi connectivity index (χ3n) is 3.29. The summed E-state index contributed by atoms with van der Waals surface area (Å²) in [5, 5.41) is 12.9. The van der Waals surface area contributed by atoms with Crippen LogP contribution in [0.4, 0.5) is 11.5 Å². The van der Waals surface area contributed by atoms with Crippen molar-refractivity contribution >= 4 is 29.1 Å². The summed E-state index contributed by atoms with van der Waals surface area (Å²) in [6.07, 6.45) is 1.27. The van der Waals surface area contributed by atoms with Gasteiger partial charge in [0.15, 0.2) is 5.82 Å². The number of nitrogens with one attached hydrogen (secondary N) is 1. The molecule has 0 bridgehead atoms. The predicted octanol–water partition coefficient (Wildman–Crippen LogP) is 4.15. The van der Waals surface area contributed by atoms with Gasteiger partial charge in [0.25, 0.3) is 0 Å². The van der Waals surface area contributed by atoms with Crippen LogP contribution in [-0.2, 0) is 6.61 Å². The maximum atomic E-state index is 11.4. The molecule has 25 heavy (non-hydrogen) atoms. The number of halogens is 1. The van der Waals surface area contributed by atoms with Gasteiger partial charge in [0.2, 0.25) is 0 Å². The zero-order valence-corrected chi connectivity index (χ0v) is 13.8. The van der Waals surface area contributed by atoms with E-state index in [1.807, 2.05) is 30.3 Å². The van der Waals surface area contributed by atoms with Gasteiger partial charge in [0.05, 0.1) is 0 Å². The van der Waals surface area contributed by atoms with E-state index >= 15 is 0 Å². The number of nitrogens with zero attached hydrogens (tertiary/aromatic N) is 2. The normalized spacial score (nSPS) is 10.3. The number of hydrogen-bond donors (Lipinski definition) is 2. The van der Waals surface area contributed by atoms with Gasteiger partial charge in [0.1, 0.15) is 23.7 Å². The van der Waals surface area contributed by atoms with Gasteiger partial charge in [-0.2, -0.15) is 0 Å². The van der Waals surface area contributed by atoms with Crippen LogP contribution in [0.3, 0.4) is 0 Å². The van der Waals surface area contributed by atoms with Crippen molar-refractivity contribution in [1.29, 1.82) is 0 Å². The van der Waals surface area contributed by atoms with Crippen molar-refractivity contribution in [2.24, 2.45) is 0 Å². The molecule has 3 rings (SSSR count). The minimum Gasteiger partial charge on any atom is -0.486 e. The van der Waals surface area contributed by atoms with Crippen LogP contribution in [0.25, 0.3) is 0 Å². The van der Waals surface area contributed by atoms with E-state index < -0.39 is 5.97 Å². The number of ether oxygens (including phenoxy) is 1. The number of benzene rings is 2. The molecule has 0 saturated carbocycles. The van der Waals surface area contributed by atoms with Crippen molar-refractivity contribution in [1.82, 2.24) is 9.97 Å². The van der Waals surface area contributed by atoms with Crippen molar-refractivity contribution in [2.75, 3.05) is 5.32 Å². The zero-order chi connectivity index (χ0) is 17.6. The molecule has 126 valence electrons. The van der Waals surface area contributed by atoms with Gasteiger partial charge in [-0.1, -0.05) is 29.8 Å². The van der Waals surface area contributed by atoms with Crippen LogP contribution in [0.2, 0.25) is 5.02 Å². The van der Waals surface area contributed by atoms with Gasteiger partial charge in [-0.25, -0.2) is 14.8 Å². The van der Waals surface area contributed by atoms with E-state index in [2.05, 4.69) is 15.3 Å². The Balaban J connectivity index is 1.79. The molecule has 0 aliphatic rings. The second-order valence-corrected chi connectivity index (χ2v) is 5.52. The molecule has 0 fully saturated rings. The lowest BCUT2D eigenvalue weighted by molar-refractivity contribution is 0.0697. The highest BCUT2D eigenvalue weighted by atomic mass is 35.5. The number of rotatable bonds is 6. The molecule has 0 aliphatic carbocycles. The topological polar surface area (TPSA) is 84.3 Å². The molecule has 0 radical (unpaired) electrons. The number of aromatic carboxylic acids is 1. The molecule has 1 heterocycles. The van der Waals surface area contributed by atoms with Crippen LogP contribution in [0.5, 0.6) is 5.75 Å². The van der Waals surface area contributed by atoms with Crippen molar-refractivity contribution in [3.8, 4) is 5.75 Å². The third kappa shape index (κ3) is 4.45. The lowest BCUT2D eigenvalue weighted by Crippen LogP contribution is -2.10. The van der Waals surface area contributed by atoms with Gasteiger partial charge in [0, 0.05) is 16.9 Å². The van der Waals surface area contributed by atoms with Gasteiger partial charge < -0.3 is 15.2 Å². The van der Waals surface area contributed by atoms with Gasteiger partial charge in [-0.15, -0.1) is 0 Å². The van der Waals surface area contributed by atoms with E-state index in [1.54, 1.807) is 24.3 Å². The van der Waals surface area contributed by atoms with Crippen LogP contribution >= 0.6 is 11.6 Å². The molecule has 7 heteroatoms. The molecule has 6 nitrogen and oxygen atoms in total. The highest BCUT2D eigenvalue weighted by Crippen LogP contribution is 2.20. The largest absolute Gasteiger partial charge is 0.486 e. The van der Waals surface area contributed by atoms with Gasteiger partial charge in [-0.05, 0) is 36.4 Å². The highest BCUT2D eigenvalue weighted by molar-refractivity contribution is 6.30. The van der Waals surface area contributed by atoms with Crippen molar-refractivity contribution in [2.45, 2.75) is 6.61 Å². The average molecular weight is 356 g/mol. The molecule has 1 aromatic heterocycles. The summed E-state index contributed by atoms with van der Waals surface area (Å²) in [7, 11) is 0. The van der Waals surface area contributed by atoms with Gasteiger partial charge in [-0.3, -0.25) is 0 Å². The fraction of sp³-hybridized carbons (Fsp3) is 0.0556. The Labute approximate surface area is 149 Å². The number of hydrogen-bond acceptors (Lipinski definition) is 5. The van der Waals surface area contributed by atoms with E-state index in [0.29, 0.717) is 16.6 Å². The lowest BCUT2D eigenvalue weighted by Gasteiger charge is -2.11. The first-order valence-electron chi connectivity index (χ1n) is 7.41. The van der Waals surface area contributed by atoms with Crippen molar-refractivity contribution < 1.29 is 14.6 Å². The molecule has 3 aromatic rings. The van der Waals surface area contributed by atoms with Crippen LogP contribution in [0.1, 0.15) is 16.2 Å². The summed E-state index contributed by atoms with van der Waals surface area (Å²) in [4.78, 5) is 19.7. The Morgan fingerprint density at radius 2 is 1.84 bits per heavy atom. The number of carboxylic acids is 1. The Kier molecular flexibility index (Phi) is 5.11. The molecular weight excluding hydrogens is 342 g/mol. The van der Waals surface area contributed by atoms with Crippen LogP contribution in [-0.4, -0.2) is 21.0 Å². The quantitative estimate of drug-likeness (QED) is 0.691. The molecule has 0 spiro atoms. The zero-order valence-electron chi connectivity index (χ0n) is 13.0. The summed E-state index contributed by atoms with van der Waals surface area (Å²) in [6, 6.07) is 16.1. The standard InChI is InChI=1S/C18H14ClN3O3/c19-12-6-8-14(9-7-12)25-11-16-20-10-15(18(23)24)17(22-16)21-13-4-2-1-3-5-13/h1-10H,11H2,(H,23,24)(H,20,21,22). The monoisotopic (exact) mass is 355 g/mol. The maximum absolute atomic E-state index is 11.4. The first kappa shape index (κ1) is 16.7. The molecule has 2 N–H and O–H groups in total. The lowest BCUT2D eigenvalue weighted by atomic mass is 10.2. The molecular formula is C18H14ClN3O3. The van der Waals surface area contributed by atoms with Crippen LogP contribution in [0.15, 0.2) is 60.8 Å². The van der Waals surface area contributed by atoms with Gasteiger partial charge >= 0.3 is 5.97 Å². The number of aromatic nitrogens is 2. The Morgan fingerprint density at radius 1 is 1.12 bits per heavy atom. The van der Waals surface area contributed by atoms with Crippen molar-refractivity contribution in [3.05, 3.63) is 77.2 Å². The molecule has 0 amide bonds. The predicted molar refractivity (Wildman–Crippen MR) is 94.5 cm³/mol. The Morgan fingerprint density at radius 3 is 2.52 bits per heavy atom. The summed E-state index contributed by atoms with van der Waals surface area (Å²) in [6.45, 7) is 0.102. The average Bonchev–Trinajstić information content (AvgIpc) is 2.62. The molecule has 2 aromatic carbocycles. The second kappa shape index (κ2) is 7.63. The summed E-state index contributed by atoms with van der Waals surface area (Å²) >= 11 is 5.83. The molecule has 0 atom stereocenters. The summed E-state index contributed by atoms with van der Waals surface area (Å²) < 4.78 is 5.59. The minimum atomic E-state index is -1.11. The number of carboxylic acid groups (broad SMARTS) is 1. The smallest absolute Gasteiger partial charge is 0.341 e. The number of anilines is 2. The molecule has 0 saturated heterocycles. The SMILES string of the molecule is O=C(O)c1cnc(COc2ccc(Cl)cc2)nc1Nc1ccccc1. The van der Waals surface area contributed by atoms with Crippen LogP contribution < -0.4 is 10.1 Å². The number of carbonyl (C=O) groups is 1. The van der Waals surface area contributed by atoms with E-state index in [4.69, 9.17) is 16.3 Å². The van der Waals surface area contributed by atoms with E-state index in [-0.39, 0.29) is 18.0 Å². The van der Waals surface area contributed by atoms with Crippen molar-refractivity contribution in [3.63, 3.8) is 0 Å². The highest BCUT2D eigenvalue weighted by Gasteiger charge is 2.14.